The molecule has 0 aliphatic carbocycles. The van der Waals surface area contributed by atoms with Gasteiger partial charge in [0.2, 0.25) is 0 Å². The number of hydrogen-bond donors (Lipinski definition) is 1. The topological polar surface area (TPSA) is 51.5 Å². The molecule has 0 aliphatic heterocycles. The van der Waals surface area contributed by atoms with Crippen LogP contribution in [0.15, 0.2) is 30.5 Å². The quantitative estimate of drug-likeness (QED) is 0.855. The number of benzene rings is 1. The molecule has 84 valence electrons. The summed E-state index contributed by atoms with van der Waals surface area (Å²) >= 11 is 0. The van der Waals surface area contributed by atoms with Gasteiger partial charge in [0.15, 0.2) is 0 Å². The van der Waals surface area contributed by atoms with Crippen molar-refractivity contribution in [1.82, 2.24) is 4.57 Å². The van der Waals surface area contributed by atoms with E-state index in [9.17, 15) is 4.79 Å². The second-order valence-electron chi connectivity index (χ2n) is 3.58. The first-order chi connectivity index (χ1) is 7.72. The van der Waals surface area contributed by atoms with Crippen LogP contribution >= 0.6 is 0 Å². The van der Waals surface area contributed by atoms with Crippen LogP contribution in [0.2, 0.25) is 0 Å². The van der Waals surface area contributed by atoms with Crippen LogP contribution in [-0.4, -0.2) is 29.4 Å². The number of ether oxygens (including phenoxy) is 1. The maximum Gasteiger partial charge on any atom is 0.335 e. The van der Waals surface area contributed by atoms with Gasteiger partial charge in [-0.05, 0) is 24.3 Å². The number of hydrogen-bond acceptors (Lipinski definition) is 2. The third-order valence-corrected chi connectivity index (χ3v) is 2.55. The van der Waals surface area contributed by atoms with Gasteiger partial charge in [0.05, 0.1) is 12.2 Å². The summed E-state index contributed by atoms with van der Waals surface area (Å²) in [6.45, 7) is 1.41. The summed E-state index contributed by atoms with van der Waals surface area (Å²) in [6, 6.07) is 7.04. The Labute approximate surface area is 93.1 Å². The summed E-state index contributed by atoms with van der Waals surface area (Å²) in [7, 11) is 1.66. The van der Waals surface area contributed by atoms with Crippen LogP contribution in [0.3, 0.4) is 0 Å². The Morgan fingerprint density at radius 1 is 1.44 bits per heavy atom. The number of aromatic nitrogens is 1. The van der Waals surface area contributed by atoms with Crippen molar-refractivity contribution in [2.45, 2.75) is 6.54 Å². The number of fused-ring (bicyclic) bond motifs is 1. The number of methoxy groups -OCH3 is 1. The van der Waals surface area contributed by atoms with Gasteiger partial charge < -0.3 is 14.4 Å². The molecule has 1 N–H and O–H groups in total. The van der Waals surface area contributed by atoms with E-state index in [0.717, 1.165) is 17.4 Å². The normalized spacial score (nSPS) is 10.8. The lowest BCUT2D eigenvalue weighted by Gasteiger charge is -2.04. The number of rotatable bonds is 4. The molecule has 4 nitrogen and oxygen atoms in total. The summed E-state index contributed by atoms with van der Waals surface area (Å²) < 4.78 is 7.06. The third kappa shape index (κ3) is 1.92. The Morgan fingerprint density at radius 3 is 2.94 bits per heavy atom. The first-order valence-electron chi connectivity index (χ1n) is 5.03. The van der Waals surface area contributed by atoms with Gasteiger partial charge in [-0.1, -0.05) is 0 Å². The second kappa shape index (κ2) is 4.37. The predicted molar refractivity (Wildman–Crippen MR) is 60.8 cm³/mol. The minimum atomic E-state index is -0.897. The molecule has 2 aromatic rings. The van der Waals surface area contributed by atoms with Crippen molar-refractivity contribution in [2.75, 3.05) is 13.7 Å². The van der Waals surface area contributed by atoms with Crippen LogP contribution < -0.4 is 0 Å². The van der Waals surface area contributed by atoms with Crippen LogP contribution in [-0.2, 0) is 11.3 Å². The summed E-state index contributed by atoms with van der Waals surface area (Å²) in [5, 5.41) is 9.81. The summed E-state index contributed by atoms with van der Waals surface area (Å²) in [4.78, 5) is 10.8. The lowest BCUT2D eigenvalue weighted by molar-refractivity contribution is 0.0697. The first-order valence-corrected chi connectivity index (χ1v) is 5.03. The standard InChI is InChI=1S/C12H13NO3/c1-16-7-6-13-5-4-9-8-10(12(14)15)2-3-11(9)13/h2-5,8H,6-7H2,1H3,(H,14,15). The highest BCUT2D eigenvalue weighted by molar-refractivity contribution is 5.93. The monoisotopic (exact) mass is 219 g/mol. The van der Waals surface area contributed by atoms with E-state index in [2.05, 4.69) is 0 Å². The van der Waals surface area contributed by atoms with Crippen molar-refractivity contribution in [3.8, 4) is 0 Å². The molecule has 4 heteroatoms. The third-order valence-electron chi connectivity index (χ3n) is 2.55. The van der Waals surface area contributed by atoms with Crippen molar-refractivity contribution in [2.24, 2.45) is 0 Å². The molecule has 1 aromatic carbocycles. The molecule has 0 unspecified atom stereocenters. The average Bonchev–Trinajstić information content (AvgIpc) is 2.68. The van der Waals surface area contributed by atoms with E-state index in [1.807, 2.05) is 22.9 Å². The zero-order chi connectivity index (χ0) is 11.5. The molecule has 0 spiro atoms. The highest BCUT2D eigenvalue weighted by Gasteiger charge is 2.06. The smallest absolute Gasteiger partial charge is 0.335 e. The molecule has 1 heterocycles. The molecule has 0 bridgehead atoms. The minimum Gasteiger partial charge on any atom is -0.478 e. The fourth-order valence-corrected chi connectivity index (χ4v) is 1.72. The zero-order valence-corrected chi connectivity index (χ0v) is 9.01. The predicted octanol–water partition coefficient (Wildman–Crippen LogP) is 1.99. The fraction of sp³-hybridized carbons (Fsp3) is 0.250. The molecule has 0 amide bonds. The van der Waals surface area contributed by atoms with Gasteiger partial charge in [0.25, 0.3) is 0 Å². The Hall–Kier alpha value is -1.81. The number of carboxylic acid groups (broad SMARTS) is 1. The average molecular weight is 219 g/mol. The number of aromatic carboxylic acids is 1. The maximum absolute atomic E-state index is 10.8. The highest BCUT2D eigenvalue weighted by Crippen LogP contribution is 2.17. The van der Waals surface area contributed by atoms with Gasteiger partial charge in [-0.15, -0.1) is 0 Å². The summed E-state index contributed by atoms with van der Waals surface area (Å²) in [5.41, 5.74) is 1.35. The van der Waals surface area contributed by atoms with Crippen LogP contribution in [0.5, 0.6) is 0 Å². The molecular formula is C12H13NO3. The largest absolute Gasteiger partial charge is 0.478 e. The van der Waals surface area contributed by atoms with Crippen molar-refractivity contribution >= 4 is 16.9 Å². The molecule has 0 fully saturated rings. The summed E-state index contributed by atoms with van der Waals surface area (Å²) in [6.07, 6.45) is 1.94. The van der Waals surface area contributed by atoms with Crippen molar-refractivity contribution in [3.63, 3.8) is 0 Å². The Balaban J connectivity index is 2.38. The molecule has 1 aromatic heterocycles. The van der Waals surface area contributed by atoms with Crippen LogP contribution in [0, 0.1) is 0 Å². The lowest BCUT2D eigenvalue weighted by atomic mass is 10.1. The molecule has 2 rings (SSSR count). The SMILES string of the molecule is COCCn1ccc2cc(C(=O)O)ccc21. The molecule has 0 atom stereocenters. The van der Waals surface area contributed by atoms with E-state index < -0.39 is 5.97 Å². The Bertz CT molecular complexity index is 516. The van der Waals surface area contributed by atoms with E-state index in [-0.39, 0.29) is 0 Å². The van der Waals surface area contributed by atoms with Crippen molar-refractivity contribution in [3.05, 3.63) is 36.0 Å². The maximum atomic E-state index is 10.8. The van der Waals surface area contributed by atoms with Gasteiger partial charge in [0, 0.05) is 30.8 Å². The van der Waals surface area contributed by atoms with E-state index in [1.165, 1.54) is 0 Å². The van der Waals surface area contributed by atoms with E-state index in [1.54, 1.807) is 19.2 Å². The zero-order valence-electron chi connectivity index (χ0n) is 9.01. The lowest BCUT2D eigenvalue weighted by Crippen LogP contribution is -2.02. The van der Waals surface area contributed by atoms with E-state index in [0.29, 0.717) is 12.2 Å². The van der Waals surface area contributed by atoms with Crippen LogP contribution in [0.25, 0.3) is 10.9 Å². The summed E-state index contributed by atoms with van der Waals surface area (Å²) in [5.74, 6) is -0.897. The first kappa shape index (κ1) is 10.7. The number of carbonyl (C=O) groups is 1. The van der Waals surface area contributed by atoms with Gasteiger partial charge in [-0.25, -0.2) is 4.79 Å². The van der Waals surface area contributed by atoms with Gasteiger partial charge in [-0.2, -0.15) is 0 Å². The molecule has 0 saturated heterocycles. The van der Waals surface area contributed by atoms with Crippen molar-refractivity contribution in [1.29, 1.82) is 0 Å². The molecule has 0 saturated carbocycles. The highest BCUT2D eigenvalue weighted by atomic mass is 16.5. The second-order valence-corrected chi connectivity index (χ2v) is 3.58. The van der Waals surface area contributed by atoms with Crippen LogP contribution in [0.4, 0.5) is 0 Å². The molecule has 16 heavy (non-hydrogen) atoms. The number of nitrogens with zero attached hydrogens (tertiary/aromatic N) is 1. The van der Waals surface area contributed by atoms with Crippen LogP contribution in [0.1, 0.15) is 10.4 Å². The number of carboxylic acids is 1. The minimum absolute atomic E-state index is 0.317. The fourth-order valence-electron chi connectivity index (χ4n) is 1.72. The van der Waals surface area contributed by atoms with Gasteiger partial charge in [0.1, 0.15) is 0 Å². The Kier molecular flexibility index (Phi) is 2.92. The molecular weight excluding hydrogens is 206 g/mol. The van der Waals surface area contributed by atoms with E-state index >= 15 is 0 Å². The van der Waals surface area contributed by atoms with Gasteiger partial charge >= 0.3 is 5.97 Å². The van der Waals surface area contributed by atoms with Gasteiger partial charge in [-0.3, -0.25) is 0 Å². The Morgan fingerprint density at radius 2 is 2.25 bits per heavy atom. The van der Waals surface area contributed by atoms with Crippen molar-refractivity contribution < 1.29 is 14.6 Å². The molecule has 0 aliphatic rings. The van der Waals surface area contributed by atoms with E-state index in [4.69, 9.17) is 9.84 Å². The molecule has 0 radical (unpaired) electrons.